The Morgan fingerprint density at radius 2 is 1.50 bits per heavy atom. The van der Waals surface area contributed by atoms with E-state index in [-0.39, 0.29) is 17.1 Å². The molecule has 0 amide bonds. The van der Waals surface area contributed by atoms with Crippen LogP contribution in [0.25, 0.3) is 6.08 Å². The second-order valence-corrected chi connectivity index (χ2v) is 10.7. The zero-order valence-corrected chi connectivity index (χ0v) is 22.9. The van der Waals surface area contributed by atoms with Crippen LogP contribution in [-0.2, 0) is 0 Å². The average molecular weight is 560 g/mol. The van der Waals surface area contributed by atoms with Gasteiger partial charge in [0.25, 0.3) is 0 Å². The van der Waals surface area contributed by atoms with Crippen molar-refractivity contribution in [2.45, 2.75) is 18.0 Å². The molecule has 1 saturated heterocycles. The number of hydrogen-bond donors (Lipinski definition) is 0. The maximum Gasteiger partial charge on any atom is 0.188 e. The van der Waals surface area contributed by atoms with Gasteiger partial charge in [-0.2, -0.15) is 0 Å². The summed E-state index contributed by atoms with van der Waals surface area (Å²) in [6.07, 6.45) is 3.72. The number of nitrogens with zero attached hydrogens (tertiary/aromatic N) is 1. The van der Waals surface area contributed by atoms with Crippen molar-refractivity contribution in [3.8, 4) is 11.5 Å². The van der Waals surface area contributed by atoms with E-state index in [1.807, 2.05) is 41.3 Å². The molecule has 7 heteroatoms. The molecular formula is C35H26FNO5. The highest BCUT2D eigenvalue weighted by Crippen LogP contribution is 2.62. The lowest BCUT2D eigenvalue weighted by molar-refractivity contribution is 0.0664. The van der Waals surface area contributed by atoms with Crippen LogP contribution in [0.15, 0.2) is 97.1 Å². The second kappa shape index (κ2) is 9.52. The molecule has 4 aromatic rings. The lowest BCUT2D eigenvalue weighted by Crippen LogP contribution is -2.48. The standard InChI is InChI=1S/C35H26FNO5/c1-41-21-16-17-28(42-2)25(19-21)30-31(32(38)24-12-6-7-13-26(24)36)37-27-14-8-3-9-20(27)15-18-29(37)35(30)33(39)22-10-4-5-11-23(22)34(35)40/h3-19,29-31H,1-2H3/t29-,30-,31+/m0/s1. The smallest absolute Gasteiger partial charge is 0.188 e. The number of halogens is 1. The van der Waals surface area contributed by atoms with E-state index in [0.29, 0.717) is 33.9 Å². The van der Waals surface area contributed by atoms with Gasteiger partial charge in [-0.05, 0) is 42.0 Å². The van der Waals surface area contributed by atoms with Crippen LogP contribution in [0.1, 0.15) is 48.1 Å². The van der Waals surface area contributed by atoms with E-state index in [4.69, 9.17) is 9.47 Å². The Balaban J connectivity index is 1.60. The normalized spacial score (nSPS) is 21.2. The molecule has 208 valence electrons. The maximum absolute atomic E-state index is 15.3. The fraction of sp³-hybridized carbons (Fsp3) is 0.171. The SMILES string of the molecule is COc1ccc(OC)c([C@H]2[C@H](C(=O)c3ccccc3F)N3c4ccccc4C=C[C@H]3C23C(=O)c2ccccc2C3=O)c1. The third-order valence-electron chi connectivity index (χ3n) is 8.89. The van der Waals surface area contributed by atoms with E-state index in [1.54, 1.807) is 48.5 Å². The summed E-state index contributed by atoms with van der Waals surface area (Å²) in [6.45, 7) is 0. The van der Waals surface area contributed by atoms with Crippen molar-refractivity contribution in [1.82, 2.24) is 0 Å². The van der Waals surface area contributed by atoms with E-state index >= 15 is 4.39 Å². The molecule has 6 nitrogen and oxygen atoms in total. The van der Waals surface area contributed by atoms with E-state index in [0.717, 1.165) is 5.56 Å². The summed E-state index contributed by atoms with van der Waals surface area (Å²) < 4.78 is 26.7. The fourth-order valence-electron chi connectivity index (χ4n) is 7.16. The summed E-state index contributed by atoms with van der Waals surface area (Å²) in [5, 5.41) is 0. The van der Waals surface area contributed by atoms with Crippen LogP contribution >= 0.6 is 0 Å². The van der Waals surface area contributed by atoms with Crippen LogP contribution in [0.2, 0.25) is 0 Å². The van der Waals surface area contributed by atoms with E-state index in [1.165, 1.54) is 32.4 Å². The summed E-state index contributed by atoms with van der Waals surface area (Å²) in [6, 6.07) is 23.2. The minimum absolute atomic E-state index is 0.118. The molecule has 4 aromatic carbocycles. The van der Waals surface area contributed by atoms with Crippen LogP contribution in [0.4, 0.5) is 10.1 Å². The number of carbonyl (C=O) groups is 3. The molecule has 2 heterocycles. The van der Waals surface area contributed by atoms with Gasteiger partial charge >= 0.3 is 0 Å². The number of Topliss-reactive ketones (excluding diaryl/α,β-unsaturated/α-hetero) is 3. The molecule has 1 spiro atoms. The Labute approximate surface area is 242 Å². The monoisotopic (exact) mass is 559 g/mol. The van der Waals surface area contributed by atoms with Crippen molar-refractivity contribution in [3.63, 3.8) is 0 Å². The van der Waals surface area contributed by atoms with Crippen molar-refractivity contribution >= 4 is 29.1 Å². The third-order valence-corrected chi connectivity index (χ3v) is 8.89. The first kappa shape index (κ1) is 25.9. The molecule has 3 aliphatic rings. The Kier molecular flexibility index (Phi) is 5.87. The van der Waals surface area contributed by atoms with Crippen LogP contribution in [0.3, 0.4) is 0 Å². The first-order chi connectivity index (χ1) is 20.4. The molecule has 0 aromatic heterocycles. The van der Waals surface area contributed by atoms with Crippen LogP contribution in [-0.4, -0.2) is 43.7 Å². The molecule has 0 saturated carbocycles. The van der Waals surface area contributed by atoms with Gasteiger partial charge in [0.05, 0.1) is 25.8 Å². The third kappa shape index (κ3) is 3.33. The van der Waals surface area contributed by atoms with Crippen molar-refractivity contribution in [2.75, 3.05) is 19.1 Å². The molecule has 2 aliphatic heterocycles. The van der Waals surface area contributed by atoms with Gasteiger partial charge in [0, 0.05) is 28.3 Å². The zero-order chi connectivity index (χ0) is 29.2. The van der Waals surface area contributed by atoms with Gasteiger partial charge < -0.3 is 14.4 Å². The van der Waals surface area contributed by atoms with Gasteiger partial charge in [0.2, 0.25) is 0 Å². The van der Waals surface area contributed by atoms with Gasteiger partial charge in [-0.3, -0.25) is 14.4 Å². The van der Waals surface area contributed by atoms with E-state index < -0.39 is 35.0 Å². The number of benzene rings is 4. The number of rotatable bonds is 5. The molecule has 0 N–H and O–H groups in total. The van der Waals surface area contributed by atoms with Crippen molar-refractivity contribution < 1.29 is 28.2 Å². The Bertz CT molecular complexity index is 1790. The molecular weight excluding hydrogens is 533 g/mol. The maximum atomic E-state index is 15.3. The number of methoxy groups -OCH3 is 2. The van der Waals surface area contributed by atoms with Gasteiger partial charge in [-0.15, -0.1) is 0 Å². The molecule has 42 heavy (non-hydrogen) atoms. The number of fused-ring (bicyclic) bond motifs is 5. The Morgan fingerprint density at radius 1 is 0.833 bits per heavy atom. The lowest BCUT2D eigenvalue weighted by Gasteiger charge is -2.37. The minimum atomic E-state index is -1.74. The van der Waals surface area contributed by atoms with Gasteiger partial charge in [0.15, 0.2) is 17.3 Å². The van der Waals surface area contributed by atoms with Crippen molar-refractivity contribution in [3.05, 3.63) is 131 Å². The number of anilines is 1. The van der Waals surface area contributed by atoms with E-state index in [2.05, 4.69) is 0 Å². The second-order valence-electron chi connectivity index (χ2n) is 10.7. The molecule has 1 aliphatic carbocycles. The fourth-order valence-corrected chi connectivity index (χ4v) is 7.16. The van der Waals surface area contributed by atoms with Gasteiger partial charge in [-0.1, -0.05) is 66.7 Å². The molecule has 7 rings (SSSR count). The summed E-state index contributed by atoms with van der Waals surface area (Å²) in [7, 11) is 3.01. The molecule has 0 radical (unpaired) electrons. The number of carbonyl (C=O) groups excluding carboxylic acids is 3. The highest BCUT2D eigenvalue weighted by molar-refractivity contribution is 6.32. The van der Waals surface area contributed by atoms with Crippen LogP contribution in [0, 0.1) is 11.2 Å². The average Bonchev–Trinajstić information content (AvgIpc) is 3.46. The largest absolute Gasteiger partial charge is 0.497 e. The van der Waals surface area contributed by atoms with Gasteiger partial charge in [0.1, 0.15) is 28.8 Å². The summed E-state index contributed by atoms with van der Waals surface area (Å²) in [5.74, 6) is -2.16. The Hall–Kier alpha value is -5.04. The van der Waals surface area contributed by atoms with Crippen molar-refractivity contribution in [2.24, 2.45) is 5.41 Å². The minimum Gasteiger partial charge on any atom is -0.497 e. The van der Waals surface area contributed by atoms with Crippen molar-refractivity contribution in [1.29, 1.82) is 0 Å². The van der Waals surface area contributed by atoms with E-state index in [9.17, 15) is 14.4 Å². The lowest BCUT2D eigenvalue weighted by atomic mass is 9.64. The highest BCUT2D eigenvalue weighted by atomic mass is 19.1. The topological polar surface area (TPSA) is 72.9 Å². The predicted octanol–water partition coefficient (Wildman–Crippen LogP) is 6.16. The number of ether oxygens (including phenoxy) is 2. The predicted molar refractivity (Wildman–Crippen MR) is 156 cm³/mol. The molecule has 0 bridgehead atoms. The zero-order valence-electron chi connectivity index (χ0n) is 22.9. The Morgan fingerprint density at radius 3 is 2.19 bits per heavy atom. The number of para-hydroxylation sites is 1. The van der Waals surface area contributed by atoms with Gasteiger partial charge in [-0.25, -0.2) is 4.39 Å². The number of hydrogen-bond acceptors (Lipinski definition) is 6. The molecule has 3 atom stereocenters. The van der Waals surface area contributed by atoms with Crippen LogP contribution < -0.4 is 14.4 Å². The quantitative estimate of drug-likeness (QED) is 0.216. The summed E-state index contributed by atoms with van der Waals surface area (Å²) in [5.41, 5.74) is 0.720. The summed E-state index contributed by atoms with van der Waals surface area (Å²) in [4.78, 5) is 46.1. The first-order valence-electron chi connectivity index (χ1n) is 13.7. The first-order valence-corrected chi connectivity index (χ1v) is 13.7. The molecule has 1 fully saturated rings. The molecule has 0 unspecified atom stereocenters. The van der Waals surface area contributed by atoms with Crippen LogP contribution in [0.5, 0.6) is 11.5 Å². The highest BCUT2D eigenvalue weighted by Gasteiger charge is 2.72. The summed E-state index contributed by atoms with van der Waals surface area (Å²) >= 11 is 0. The number of ketones is 3.